The molecule has 0 aliphatic carbocycles. The highest BCUT2D eigenvalue weighted by Gasteiger charge is 2.05. The predicted octanol–water partition coefficient (Wildman–Crippen LogP) is 3.26. The van der Waals surface area contributed by atoms with Gasteiger partial charge in [0.15, 0.2) is 5.43 Å². The normalized spacial score (nSPS) is 10.8. The summed E-state index contributed by atoms with van der Waals surface area (Å²) in [5, 5.41) is 0. The van der Waals surface area contributed by atoms with Crippen LogP contribution >= 0.6 is 11.3 Å². The summed E-state index contributed by atoms with van der Waals surface area (Å²) in [6.45, 7) is 0. The van der Waals surface area contributed by atoms with E-state index in [9.17, 15) is 4.79 Å². The third-order valence-corrected chi connectivity index (χ3v) is 3.69. The minimum Gasteiger partial charge on any atom is -0.360 e. The van der Waals surface area contributed by atoms with Crippen molar-refractivity contribution in [2.75, 3.05) is 0 Å². The average molecular weight is 227 g/mol. The highest BCUT2D eigenvalue weighted by atomic mass is 32.1. The molecule has 0 saturated carbocycles. The quantitative estimate of drug-likeness (QED) is 0.680. The van der Waals surface area contributed by atoms with Gasteiger partial charge in [-0.05, 0) is 11.6 Å². The van der Waals surface area contributed by atoms with Crippen molar-refractivity contribution in [2.24, 2.45) is 0 Å². The maximum absolute atomic E-state index is 11.6. The summed E-state index contributed by atoms with van der Waals surface area (Å²) in [5.41, 5.74) is 2.15. The van der Waals surface area contributed by atoms with Crippen LogP contribution in [0.4, 0.5) is 0 Å². The van der Waals surface area contributed by atoms with Gasteiger partial charge in [-0.25, -0.2) is 0 Å². The fourth-order valence-electron chi connectivity index (χ4n) is 1.71. The number of fused-ring (bicyclic) bond motifs is 1. The Bertz CT molecular complexity index is 682. The van der Waals surface area contributed by atoms with Gasteiger partial charge in [0.1, 0.15) is 0 Å². The van der Waals surface area contributed by atoms with Gasteiger partial charge in [-0.15, -0.1) is 11.3 Å². The Morgan fingerprint density at radius 2 is 1.88 bits per heavy atom. The first kappa shape index (κ1) is 9.36. The maximum Gasteiger partial charge on any atom is 0.199 e. The molecule has 0 amide bonds. The van der Waals surface area contributed by atoms with E-state index < -0.39 is 0 Å². The predicted molar refractivity (Wildman–Crippen MR) is 67.9 cm³/mol. The zero-order valence-corrected chi connectivity index (χ0v) is 9.25. The van der Waals surface area contributed by atoms with E-state index in [2.05, 4.69) is 17.1 Å². The van der Waals surface area contributed by atoms with Gasteiger partial charge in [0.25, 0.3) is 0 Å². The van der Waals surface area contributed by atoms with Crippen molar-refractivity contribution in [2.45, 2.75) is 0 Å². The molecule has 3 heteroatoms. The number of thiophene rings is 1. The topological polar surface area (TPSA) is 32.9 Å². The molecule has 0 spiro atoms. The summed E-state index contributed by atoms with van der Waals surface area (Å²) in [4.78, 5) is 15.8. The molecular weight excluding hydrogens is 218 g/mol. The Morgan fingerprint density at radius 3 is 2.62 bits per heavy atom. The van der Waals surface area contributed by atoms with Gasteiger partial charge in [0.2, 0.25) is 0 Å². The second kappa shape index (κ2) is 3.61. The molecule has 3 aromatic rings. The maximum atomic E-state index is 11.6. The minimum atomic E-state index is 0.0842. The fraction of sp³-hybridized carbons (Fsp3) is 0. The van der Waals surface area contributed by atoms with E-state index in [-0.39, 0.29) is 5.43 Å². The van der Waals surface area contributed by atoms with Crippen LogP contribution in [0.5, 0.6) is 0 Å². The first-order valence-electron chi connectivity index (χ1n) is 5.01. The lowest BCUT2D eigenvalue weighted by Gasteiger charge is -1.93. The summed E-state index contributed by atoms with van der Waals surface area (Å²) in [7, 11) is 0. The zero-order valence-electron chi connectivity index (χ0n) is 8.44. The van der Waals surface area contributed by atoms with Gasteiger partial charge in [-0.3, -0.25) is 4.79 Å². The molecule has 2 nitrogen and oxygen atoms in total. The van der Waals surface area contributed by atoms with E-state index in [4.69, 9.17) is 0 Å². The number of benzene rings is 1. The number of rotatable bonds is 1. The molecule has 2 heterocycles. The third kappa shape index (κ3) is 1.46. The van der Waals surface area contributed by atoms with Gasteiger partial charge >= 0.3 is 0 Å². The third-order valence-electron chi connectivity index (χ3n) is 2.49. The van der Waals surface area contributed by atoms with Crippen molar-refractivity contribution in [3.8, 4) is 10.4 Å². The van der Waals surface area contributed by atoms with Crippen LogP contribution in [-0.4, -0.2) is 4.98 Å². The van der Waals surface area contributed by atoms with Crippen LogP contribution < -0.4 is 5.43 Å². The van der Waals surface area contributed by atoms with E-state index >= 15 is 0 Å². The SMILES string of the molecule is O=c1cc[nH]c2cc(-c3ccccc3)sc12. The van der Waals surface area contributed by atoms with Crippen LogP contribution in [0.25, 0.3) is 20.7 Å². The Hall–Kier alpha value is -1.87. The van der Waals surface area contributed by atoms with E-state index in [1.807, 2.05) is 24.3 Å². The van der Waals surface area contributed by atoms with Gasteiger partial charge < -0.3 is 4.98 Å². The van der Waals surface area contributed by atoms with Crippen molar-refractivity contribution in [1.82, 2.24) is 4.98 Å². The first-order chi connectivity index (χ1) is 7.84. The van der Waals surface area contributed by atoms with Gasteiger partial charge in [0.05, 0.1) is 10.2 Å². The van der Waals surface area contributed by atoms with Gasteiger partial charge in [0, 0.05) is 17.1 Å². The van der Waals surface area contributed by atoms with Crippen molar-refractivity contribution in [3.63, 3.8) is 0 Å². The molecule has 0 unspecified atom stereocenters. The molecule has 1 aromatic carbocycles. The summed E-state index contributed by atoms with van der Waals surface area (Å²) in [6, 6.07) is 13.7. The van der Waals surface area contributed by atoms with E-state index in [0.717, 1.165) is 20.7 Å². The van der Waals surface area contributed by atoms with Crippen LogP contribution in [0.1, 0.15) is 0 Å². The molecule has 0 radical (unpaired) electrons. The molecule has 16 heavy (non-hydrogen) atoms. The average Bonchev–Trinajstić information content (AvgIpc) is 2.76. The molecule has 78 valence electrons. The van der Waals surface area contributed by atoms with Crippen LogP contribution in [0, 0.1) is 0 Å². The van der Waals surface area contributed by atoms with Gasteiger partial charge in [-0.1, -0.05) is 30.3 Å². The second-order valence-electron chi connectivity index (χ2n) is 3.56. The number of nitrogens with one attached hydrogen (secondary N) is 1. The summed E-state index contributed by atoms with van der Waals surface area (Å²) in [5.74, 6) is 0. The lowest BCUT2D eigenvalue weighted by Crippen LogP contribution is -1.95. The molecule has 0 aliphatic rings. The number of hydrogen-bond acceptors (Lipinski definition) is 2. The largest absolute Gasteiger partial charge is 0.360 e. The first-order valence-corrected chi connectivity index (χ1v) is 5.83. The Labute approximate surface area is 96.2 Å². The molecule has 2 aromatic heterocycles. The standard InChI is InChI=1S/C13H9NOS/c15-11-6-7-14-10-8-12(16-13(10)11)9-4-2-1-3-5-9/h1-8H,(H,14,15). The zero-order chi connectivity index (χ0) is 11.0. The van der Waals surface area contributed by atoms with Crippen molar-refractivity contribution < 1.29 is 0 Å². The smallest absolute Gasteiger partial charge is 0.199 e. The second-order valence-corrected chi connectivity index (χ2v) is 4.61. The number of hydrogen-bond donors (Lipinski definition) is 1. The molecule has 0 fully saturated rings. The summed E-state index contributed by atoms with van der Waals surface area (Å²) >= 11 is 1.53. The Morgan fingerprint density at radius 1 is 1.06 bits per heavy atom. The lowest BCUT2D eigenvalue weighted by atomic mass is 10.2. The lowest BCUT2D eigenvalue weighted by molar-refractivity contribution is 1.41. The van der Waals surface area contributed by atoms with E-state index in [0.29, 0.717) is 0 Å². The highest BCUT2D eigenvalue weighted by Crippen LogP contribution is 2.30. The Balaban J connectivity index is 2.28. The van der Waals surface area contributed by atoms with Crippen LogP contribution in [0.15, 0.2) is 53.5 Å². The van der Waals surface area contributed by atoms with E-state index in [1.165, 1.54) is 11.3 Å². The monoisotopic (exact) mass is 227 g/mol. The molecule has 0 bridgehead atoms. The number of pyridine rings is 1. The number of aromatic amines is 1. The van der Waals surface area contributed by atoms with Gasteiger partial charge in [-0.2, -0.15) is 0 Å². The number of aromatic nitrogens is 1. The molecule has 0 saturated heterocycles. The van der Waals surface area contributed by atoms with Crippen molar-refractivity contribution >= 4 is 21.6 Å². The molecular formula is C13H9NOS. The summed E-state index contributed by atoms with van der Waals surface area (Å²) < 4.78 is 0.793. The molecule has 1 N–H and O–H groups in total. The van der Waals surface area contributed by atoms with Crippen LogP contribution in [-0.2, 0) is 0 Å². The minimum absolute atomic E-state index is 0.0842. The van der Waals surface area contributed by atoms with Crippen molar-refractivity contribution in [3.05, 3.63) is 58.9 Å². The summed E-state index contributed by atoms with van der Waals surface area (Å²) in [6.07, 6.45) is 1.69. The Kier molecular flexibility index (Phi) is 2.11. The molecule has 0 atom stereocenters. The highest BCUT2D eigenvalue weighted by molar-refractivity contribution is 7.22. The van der Waals surface area contributed by atoms with E-state index in [1.54, 1.807) is 12.3 Å². The van der Waals surface area contributed by atoms with Crippen LogP contribution in [0.2, 0.25) is 0 Å². The fourth-order valence-corrected chi connectivity index (χ4v) is 2.76. The molecule has 0 aliphatic heterocycles. The van der Waals surface area contributed by atoms with Crippen LogP contribution in [0.3, 0.4) is 0 Å². The molecule has 3 rings (SSSR count). The number of H-pyrrole nitrogens is 1. The van der Waals surface area contributed by atoms with Crippen molar-refractivity contribution in [1.29, 1.82) is 0 Å².